The van der Waals surface area contributed by atoms with Gasteiger partial charge in [0.15, 0.2) is 0 Å². The summed E-state index contributed by atoms with van der Waals surface area (Å²) in [7, 11) is -0.342. The van der Waals surface area contributed by atoms with Gasteiger partial charge in [0.25, 0.3) is 0 Å². The van der Waals surface area contributed by atoms with Gasteiger partial charge in [0.2, 0.25) is 0 Å². The van der Waals surface area contributed by atoms with E-state index in [0.29, 0.717) is 6.04 Å². The van der Waals surface area contributed by atoms with Crippen LogP contribution in [-0.2, 0) is 9.31 Å². The zero-order chi connectivity index (χ0) is 16.3. The normalized spacial score (nSPS) is 19.2. The summed E-state index contributed by atoms with van der Waals surface area (Å²) in [5, 5.41) is 3.26. The fraction of sp³-hybridized carbons (Fsp3) is 0.688. The first-order valence-corrected chi connectivity index (χ1v) is 7.79. The summed E-state index contributed by atoms with van der Waals surface area (Å²) in [6.07, 6.45) is 1.81. The maximum absolute atomic E-state index is 5.99. The molecule has 0 aromatic carbocycles. The van der Waals surface area contributed by atoms with Gasteiger partial charge in [-0.05, 0) is 47.6 Å². The van der Waals surface area contributed by atoms with E-state index in [1.54, 1.807) is 0 Å². The standard InChI is InChI=1S/C14H23BN2O2.C2H6/c1-10(2)17-12-8-7-11(9-16-12)15-18-13(3,4)14(5,6)19-15;1-2/h7-10H,1-6H3,(H,16,17);1-2H3. The Bertz CT molecular complexity index is 428. The van der Waals surface area contributed by atoms with Gasteiger partial charge in [-0.15, -0.1) is 0 Å². The molecule has 1 fully saturated rings. The van der Waals surface area contributed by atoms with Crippen molar-refractivity contribution in [2.75, 3.05) is 5.32 Å². The summed E-state index contributed by atoms with van der Waals surface area (Å²) >= 11 is 0. The summed E-state index contributed by atoms with van der Waals surface area (Å²) in [4.78, 5) is 4.39. The van der Waals surface area contributed by atoms with Crippen LogP contribution < -0.4 is 10.8 Å². The second-order valence-electron chi connectivity index (χ2n) is 6.36. The second-order valence-corrected chi connectivity index (χ2v) is 6.36. The van der Waals surface area contributed by atoms with Crippen molar-refractivity contribution >= 4 is 18.4 Å². The molecule has 1 aliphatic heterocycles. The first kappa shape index (κ1) is 18.0. The molecule has 0 radical (unpaired) electrons. The van der Waals surface area contributed by atoms with Gasteiger partial charge >= 0.3 is 7.12 Å². The van der Waals surface area contributed by atoms with Crippen LogP contribution in [0, 0.1) is 0 Å². The molecule has 1 aromatic rings. The molecular formula is C16H29BN2O2. The molecule has 0 aliphatic carbocycles. The molecule has 1 aromatic heterocycles. The average molecular weight is 292 g/mol. The quantitative estimate of drug-likeness (QED) is 0.869. The van der Waals surface area contributed by atoms with Crippen molar-refractivity contribution in [1.29, 1.82) is 0 Å². The number of hydrogen-bond acceptors (Lipinski definition) is 4. The maximum Gasteiger partial charge on any atom is 0.496 e. The van der Waals surface area contributed by atoms with Crippen molar-refractivity contribution in [1.82, 2.24) is 4.98 Å². The van der Waals surface area contributed by atoms with Crippen LogP contribution in [0.2, 0.25) is 0 Å². The fourth-order valence-electron chi connectivity index (χ4n) is 1.91. The molecule has 118 valence electrons. The number of nitrogens with one attached hydrogen (secondary N) is 1. The Morgan fingerprint density at radius 1 is 1.05 bits per heavy atom. The van der Waals surface area contributed by atoms with E-state index in [1.807, 2.05) is 32.2 Å². The largest absolute Gasteiger partial charge is 0.496 e. The highest BCUT2D eigenvalue weighted by Gasteiger charge is 2.51. The Kier molecular flexibility index (Phi) is 5.82. The third kappa shape index (κ3) is 4.21. The van der Waals surface area contributed by atoms with Gasteiger partial charge in [-0.2, -0.15) is 0 Å². The Labute approximate surface area is 129 Å². The Morgan fingerprint density at radius 2 is 1.57 bits per heavy atom. The summed E-state index contributed by atoms with van der Waals surface area (Å²) in [5.41, 5.74) is 0.326. The van der Waals surface area contributed by atoms with Crippen LogP contribution in [0.5, 0.6) is 0 Å². The Hall–Kier alpha value is -1.07. The van der Waals surface area contributed by atoms with Crippen LogP contribution in [0.3, 0.4) is 0 Å². The predicted molar refractivity (Wildman–Crippen MR) is 90.1 cm³/mol. The first-order chi connectivity index (χ1) is 9.71. The van der Waals surface area contributed by atoms with E-state index in [4.69, 9.17) is 9.31 Å². The van der Waals surface area contributed by atoms with Crippen molar-refractivity contribution < 1.29 is 9.31 Å². The lowest BCUT2D eigenvalue weighted by atomic mass is 9.80. The molecule has 0 bridgehead atoms. The van der Waals surface area contributed by atoms with Gasteiger partial charge in [-0.25, -0.2) is 4.98 Å². The topological polar surface area (TPSA) is 43.4 Å². The minimum atomic E-state index is -0.342. The van der Waals surface area contributed by atoms with Crippen molar-refractivity contribution in [3.05, 3.63) is 18.3 Å². The number of rotatable bonds is 3. The number of hydrogen-bond donors (Lipinski definition) is 1. The van der Waals surface area contributed by atoms with Crippen LogP contribution in [-0.4, -0.2) is 29.3 Å². The molecule has 0 atom stereocenters. The van der Waals surface area contributed by atoms with E-state index in [0.717, 1.165) is 11.3 Å². The molecule has 21 heavy (non-hydrogen) atoms. The van der Waals surface area contributed by atoms with Gasteiger partial charge in [0, 0.05) is 17.7 Å². The first-order valence-electron chi connectivity index (χ1n) is 7.79. The van der Waals surface area contributed by atoms with Crippen LogP contribution in [0.1, 0.15) is 55.4 Å². The molecule has 2 rings (SSSR count). The number of nitrogens with zero attached hydrogens (tertiary/aromatic N) is 1. The highest BCUT2D eigenvalue weighted by molar-refractivity contribution is 6.62. The Morgan fingerprint density at radius 3 is 1.95 bits per heavy atom. The van der Waals surface area contributed by atoms with Crippen molar-refractivity contribution in [2.24, 2.45) is 0 Å². The third-order valence-electron chi connectivity index (χ3n) is 3.75. The second kappa shape index (κ2) is 6.80. The zero-order valence-electron chi connectivity index (χ0n) is 14.7. The van der Waals surface area contributed by atoms with Gasteiger partial charge in [0.1, 0.15) is 5.82 Å². The molecule has 0 spiro atoms. The number of aromatic nitrogens is 1. The van der Waals surface area contributed by atoms with Crippen LogP contribution in [0.15, 0.2) is 18.3 Å². The monoisotopic (exact) mass is 292 g/mol. The summed E-state index contributed by atoms with van der Waals surface area (Å²) in [6.45, 7) is 16.4. The average Bonchev–Trinajstić information content (AvgIpc) is 2.61. The van der Waals surface area contributed by atoms with Crippen LogP contribution in [0.25, 0.3) is 0 Å². The summed E-state index contributed by atoms with van der Waals surface area (Å²) in [5.74, 6) is 0.871. The van der Waals surface area contributed by atoms with Gasteiger partial charge in [-0.1, -0.05) is 19.9 Å². The van der Waals surface area contributed by atoms with E-state index in [1.165, 1.54) is 0 Å². The van der Waals surface area contributed by atoms with Crippen molar-refractivity contribution in [3.8, 4) is 0 Å². The highest BCUT2D eigenvalue weighted by atomic mass is 16.7. The molecule has 0 saturated carbocycles. The van der Waals surface area contributed by atoms with Gasteiger partial charge in [-0.3, -0.25) is 0 Å². The SMILES string of the molecule is CC.CC(C)Nc1ccc(B2OC(C)(C)C(C)(C)O2)cn1. The van der Waals surface area contributed by atoms with E-state index >= 15 is 0 Å². The lowest BCUT2D eigenvalue weighted by molar-refractivity contribution is 0.00578. The van der Waals surface area contributed by atoms with Gasteiger partial charge < -0.3 is 14.6 Å². The molecule has 4 nitrogen and oxygen atoms in total. The highest BCUT2D eigenvalue weighted by Crippen LogP contribution is 2.36. The van der Waals surface area contributed by atoms with E-state index in [-0.39, 0.29) is 18.3 Å². The molecule has 0 amide bonds. The maximum atomic E-state index is 5.99. The molecule has 1 saturated heterocycles. The van der Waals surface area contributed by atoms with Crippen molar-refractivity contribution in [3.63, 3.8) is 0 Å². The number of anilines is 1. The molecule has 5 heteroatoms. The molecular weight excluding hydrogens is 263 g/mol. The molecule has 0 unspecified atom stereocenters. The molecule has 1 aliphatic rings. The van der Waals surface area contributed by atoms with Crippen LogP contribution >= 0.6 is 0 Å². The van der Waals surface area contributed by atoms with Crippen molar-refractivity contribution in [2.45, 2.75) is 72.6 Å². The smallest absolute Gasteiger partial charge is 0.399 e. The molecule has 1 N–H and O–H groups in total. The zero-order valence-corrected chi connectivity index (χ0v) is 14.7. The lowest BCUT2D eigenvalue weighted by Gasteiger charge is -2.32. The van der Waals surface area contributed by atoms with E-state index < -0.39 is 0 Å². The Balaban J connectivity index is 0.00000106. The number of pyridine rings is 1. The molecule has 2 heterocycles. The van der Waals surface area contributed by atoms with Gasteiger partial charge in [0.05, 0.1) is 11.2 Å². The third-order valence-corrected chi connectivity index (χ3v) is 3.75. The summed E-state index contributed by atoms with van der Waals surface area (Å²) < 4.78 is 12.0. The minimum absolute atomic E-state index is 0.313. The summed E-state index contributed by atoms with van der Waals surface area (Å²) in [6, 6.07) is 4.33. The van der Waals surface area contributed by atoms with E-state index in [2.05, 4.69) is 51.8 Å². The fourth-order valence-corrected chi connectivity index (χ4v) is 1.91. The van der Waals surface area contributed by atoms with Crippen LogP contribution in [0.4, 0.5) is 5.82 Å². The predicted octanol–water partition coefficient (Wildman–Crippen LogP) is 3.23. The van der Waals surface area contributed by atoms with E-state index in [9.17, 15) is 0 Å². The lowest BCUT2D eigenvalue weighted by Crippen LogP contribution is -2.41. The minimum Gasteiger partial charge on any atom is -0.399 e.